The highest BCUT2D eigenvalue weighted by Gasteiger charge is 2.01. The van der Waals surface area contributed by atoms with Crippen molar-refractivity contribution in [2.75, 3.05) is 12.3 Å². The summed E-state index contributed by atoms with van der Waals surface area (Å²) in [7, 11) is 0. The Morgan fingerprint density at radius 3 is 3.07 bits per heavy atom. The molecule has 1 aromatic rings. The summed E-state index contributed by atoms with van der Waals surface area (Å²) in [6, 6.07) is 2.55. The SMILES string of the molecule is CCCNC(C)CCSc1ccncn1. The average Bonchev–Trinajstić information content (AvgIpc) is 2.28. The van der Waals surface area contributed by atoms with Crippen molar-refractivity contribution in [2.24, 2.45) is 0 Å². The van der Waals surface area contributed by atoms with Crippen molar-refractivity contribution in [3.05, 3.63) is 18.6 Å². The first-order valence-electron chi connectivity index (χ1n) is 5.45. The molecule has 0 saturated carbocycles. The summed E-state index contributed by atoms with van der Waals surface area (Å²) in [6.07, 6.45) is 5.76. The standard InChI is InChI=1S/C11H19N3S/c1-3-6-13-10(2)5-8-15-11-4-7-12-9-14-11/h4,7,9-10,13H,3,5-6,8H2,1-2H3. The topological polar surface area (TPSA) is 37.8 Å². The molecule has 84 valence electrons. The van der Waals surface area contributed by atoms with Gasteiger partial charge in [-0.15, -0.1) is 11.8 Å². The molecule has 0 amide bonds. The van der Waals surface area contributed by atoms with E-state index in [1.807, 2.05) is 6.07 Å². The summed E-state index contributed by atoms with van der Waals surface area (Å²) < 4.78 is 0. The zero-order valence-corrected chi connectivity index (χ0v) is 10.3. The van der Waals surface area contributed by atoms with Gasteiger partial charge < -0.3 is 5.32 Å². The van der Waals surface area contributed by atoms with Gasteiger partial charge in [0.05, 0.1) is 5.03 Å². The van der Waals surface area contributed by atoms with Crippen molar-refractivity contribution < 1.29 is 0 Å². The smallest absolute Gasteiger partial charge is 0.116 e. The third-order valence-electron chi connectivity index (χ3n) is 2.10. The fraction of sp³-hybridized carbons (Fsp3) is 0.636. The van der Waals surface area contributed by atoms with Gasteiger partial charge in [-0.25, -0.2) is 9.97 Å². The molecule has 1 unspecified atom stereocenters. The van der Waals surface area contributed by atoms with Gasteiger partial charge in [-0.2, -0.15) is 0 Å². The molecular formula is C11H19N3S. The van der Waals surface area contributed by atoms with E-state index in [1.54, 1.807) is 24.3 Å². The summed E-state index contributed by atoms with van der Waals surface area (Å²) in [6.45, 7) is 5.53. The molecule has 0 saturated heterocycles. The molecule has 1 aromatic heterocycles. The number of rotatable bonds is 7. The van der Waals surface area contributed by atoms with E-state index in [1.165, 1.54) is 12.8 Å². The van der Waals surface area contributed by atoms with Crippen LogP contribution in [-0.4, -0.2) is 28.3 Å². The van der Waals surface area contributed by atoms with Gasteiger partial charge in [0.2, 0.25) is 0 Å². The van der Waals surface area contributed by atoms with Crippen LogP contribution in [0.15, 0.2) is 23.6 Å². The number of hydrogen-bond donors (Lipinski definition) is 1. The Morgan fingerprint density at radius 2 is 2.40 bits per heavy atom. The zero-order chi connectivity index (χ0) is 10.9. The Morgan fingerprint density at radius 1 is 1.53 bits per heavy atom. The summed E-state index contributed by atoms with van der Waals surface area (Å²) in [4.78, 5) is 8.06. The molecule has 0 aliphatic rings. The number of hydrogen-bond acceptors (Lipinski definition) is 4. The minimum atomic E-state index is 0.597. The molecule has 15 heavy (non-hydrogen) atoms. The Bertz CT molecular complexity index is 253. The molecule has 0 fully saturated rings. The Balaban J connectivity index is 2.11. The first-order valence-corrected chi connectivity index (χ1v) is 6.43. The predicted molar refractivity (Wildman–Crippen MR) is 65.1 cm³/mol. The molecule has 4 heteroatoms. The second kappa shape index (κ2) is 7.65. The van der Waals surface area contributed by atoms with Crippen LogP contribution >= 0.6 is 11.8 Å². The highest BCUT2D eigenvalue weighted by atomic mass is 32.2. The molecule has 0 spiro atoms. The number of aromatic nitrogens is 2. The van der Waals surface area contributed by atoms with Crippen LogP contribution in [-0.2, 0) is 0 Å². The van der Waals surface area contributed by atoms with E-state index >= 15 is 0 Å². The van der Waals surface area contributed by atoms with Crippen molar-refractivity contribution in [3.8, 4) is 0 Å². The van der Waals surface area contributed by atoms with Crippen molar-refractivity contribution >= 4 is 11.8 Å². The summed E-state index contributed by atoms with van der Waals surface area (Å²) >= 11 is 1.79. The molecular weight excluding hydrogens is 206 g/mol. The van der Waals surface area contributed by atoms with Crippen molar-refractivity contribution in [1.82, 2.24) is 15.3 Å². The molecule has 0 bridgehead atoms. The first kappa shape index (κ1) is 12.5. The second-order valence-corrected chi connectivity index (χ2v) is 4.66. The van der Waals surface area contributed by atoms with Gasteiger partial charge in [-0.05, 0) is 32.4 Å². The fourth-order valence-corrected chi connectivity index (χ4v) is 2.16. The lowest BCUT2D eigenvalue weighted by Gasteiger charge is -2.12. The van der Waals surface area contributed by atoms with Crippen LogP contribution in [0.25, 0.3) is 0 Å². The maximum atomic E-state index is 4.17. The molecule has 1 heterocycles. The Labute approximate surface area is 96.1 Å². The summed E-state index contributed by atoms with van der Waals surface area (Å²) in [5.74, 6) is 1.11. The highest BCUT2D eigenvalue weighted by molar-refractivity contribution is 7.99. The Kier molecular flexibility index (Phi) is 6.36. The van der Waals surface area contributed by atoms with E-state index in [0.717, 1.165) is 17.3 Å². The van der Waals surface area contributed by atoms with Gasteiger partial charge in [0, 0.05) is 18.0 Å². The van der Waals surface area contributed by atoms with E-state index in [0.29, 0.717) is 6.04 Å². The van der Waals surface area contributed by atoms with Gasteiger partial charge >= 0.3 is 0 Å². The van der Waals surface area contributed by atoms with Gasteiger partial charge in [0.15, 0.2) is 0 Å². The van der Waals surface area contributed by atoms with Crippen LogP contribution < -0.4 is 5.32 Å². The number of nitrogens with one attached hydrogen (secondary N) is 1. The minimum absolute atomic E-state index is 0.597. The maximum absolute atomic E-state index is 4.17. The van der Waals surface area contributed by atoms with Gasteiger partial charge in [0.25, 0.3) is 0 Å². The molecule has 0 aromatic carbocycles. The average molecular weight is 225 g/mol. The van der Waals surface area contributed by atoms with Gasteiger partial charge in [0.1, 0.15) is 6.33 Å². The molecule has 3 nitrogen and oxygen atoms in total. The maximum Gasteiger partial charge on any atom is 0.116 e. The van der Waals surface area contributed by atoms with Crippen molar-refractivity contribution in [1.29, 1.82) is 0 Å². The lowest BCUT2D eigenvalue weighted by atomic mass is 10.2. The largest absolute Gasteiger partial charge is 0.314 e. The summed E-state index contributed by atoms with van der Waals surface area (Å²) in [5, 5.41) is 4.54. The quantitative estimate of drug-likeness (QED) is 0.571. The first-order chi connectivity index (χ1) is 7.33. The van der Waals surface area contributed by atoms with Crippen molar-refractivity contribution in [3.63, 3.8) is 0 Å². The van der Waals surface area contributed by atoms with E-state index in [2.05, 4.69) is 29.1 Å². The van der Waals surface area contributed by atoms with Gasteiger partial charge in [-0.3, -0.25) is 0 Å². The van der Waals surface area contributed by atoms with Crippen molar-refractivity contribution in [2.45, 2.75) is 37.8 Å². The molecule has 0 aliphatic carbocycles. The lowest BCUT2D eigenvalue weighted by Crippen LogP contribution is -2.27. The highest BCUT2D eigenvalue weighted by Crippen LogP contribution is 2.14. The molecule has 1 rings (SSSR count). The van der Waals surface area contributed by atoms with Crippen LogP contribution in [0.3, 0.4) is 0 Å². The molecule has 0 aliphatic heterocycles. The van der Waals surface area contributed by atoms with Crippen LogP contribution in [0.4, 0.5) is 0 Å². The minimum Gasteiger partial charge on any atom is -0.314 e. The lowest BCUT2D eigenvalue weighted by molar-refractivity contribution is 0.536. The molecule has 1 atom stereocenters. The number of nitrogens with zero attached hydrogens (tertiary/aromatic N) is 2. The molecule has 1 N–H and O–H groups in total. The summed E-state index contributed by atoms with van der Waals surface area (Å²) in [5.41, 5.74) is 0. The van der Waals surface area contributed by atoms with E-state index < -0.39 is 0 Å². The third kappa shape index (κ3) is 5.74. The van der Waals surface area contributed by atoms with E-state index in [4.69, 9.17) is 0 Å². The predicted octanol–water partition coefficient (Wildman–Crippen LogP) is 2.35. The van der Waals surface area contributed by atoms with Crippen LogP contribution in [0.5, 0.6) is 0 Å². The van der Waals surface area contributed by atoms with E-state index in [-0.39, 0.29) is 0 Å². The van der Waals surface area contributed by atoms with Crippen LogP contribution in [0, 0.1) is 0 Å². The monoisotopic (exact) mass is 225 g/mol. The molecule has 0 radical (unpaired) electrons. The third-order valence-corrected chi connectivity index (χ3v) is 3.08. The second-order valence-electron chi connectivity index (χ2n) is 3.54. The van der Waals surface area contributed by atoms with E-state index in [9.17, 15) is 0 Å². The van der Waals surface area contributed by atoms with Crippen LogP contribution in [0.1, 0.15) is 26.7 Å². The van der Waals surface area contributed by atoms with Gasteiger partial charge in [-0.1, -0.05) is 6.92 Å². The van der Waals surface area contributed by atoms with Crippen LogP contribution in [0.2, 0.25) is 0 Å². The normalized spacial score (nSPS) is 12.7. The Hall–Kier alpha value is -0.610. The zero-order valence-electron chi connectivity index (χ0n) is 9.44. The number of thioether (sulfide) groups is 1. The fourth-order valence-electron chi connectivity index (χ4n) is 1.20.